The van der Waals surface area contributed by atoms with Gasteiger partial charge in [-0.3, -0.25) is 0 Å². The maximum absolute atomic E-state index is 5.16. The highest BCUT2D eigenvalue weighted by Gasteiger charge is 1.64. The minimum atomic E-state index is 0. The van der Waals surface area contributed by atoms with Crippen molar-refractivity contribution < 1.29 is 0 Å². The Morgan fingerprint density at radius 1 is 1.57 bits per heavy atom. The van der Waals surface area contributed by atoms with Crippen LogP contribution in [0.4, 0.5) is 0 Å². The van der Waals surface area contributed by atoms with Crippen LogP contribution in [0, 0.1) is 0 Å². The molecule has 0 atom stereocenters. The summed E-state index contributed by atoms with van der Waals surface area (Å²) in [5, 5.41) is 0. The number of allylic oxidation sites excluding steroid dienone is 1. The van der Waals surface area contributed by atoms with Crippen molar-refractivity contribution in [1.82, 2.24) is 0 Å². The van der Waals surface area contributed by atoms with Crippen molar-refractivity contribution in [3.05, 3.63) is 12.2 Å². The highest BCUT2D eigenvalue weighted by molar-refractivity contribution is 5.85. The van der Waals surface area contributed by atoms with Crippen molar-refractivity contribution >= 4 is 12.4 Å². The van der Waals surface area contributed by atoms with E-state index in [4.69, 9.17) is 5.73 Å². The van der Waals surface area contributed by atoms with E-state index >= 15 is 0 Å². The third-order valence-corrected chi connectivity index (χ3v) is 0.569. The lowest BCUT2D eigenvalue weighted by atomic mass is 10.4. The molecule has 0 aromatic carbocycles. The molecular weight excluding hydrogens is 110 g/mol. The van der Waals surface area contributed by atoms with Crippen LogP contribution in [0.3, 0.4) is 0 Å². The lowest BCUT2D eigenvalue weighted by molar-refractivity contribution is 1.01. The van der Waals surface area contributed by atoms with Crippen LogP contribution in [0.2, 0.25) is 0 Å². The van der Waals surface area contributed by atoms with E-state index in [1.807, 2.05) is 13.0 Å². The van der Waals surface area contributed by atoms with Gasteiger partial charge >= 0.3 is 0 Å². The molecule has 0 saturated carbocycles. The first-order valence-electron chi connectivity index (χ1n) is 2.23. The second-order valence-corrected chi connectivity index (χ2v) is 1.15. The highest BCUT2D eigenvalue weighted by atomic mass is 35.5. The maximum atomic E-state index is 5.16. The smallest absolute Gasteiger partial charge is 0.00426 e. The zero-order chi connectivity index (χ0) is 4.83. The van der Waals surface area contributed by atoms with E-state index < -0.39 is 0 Å². The Labute approximate surface area is 51.0 Å². The average Bonchev–Trinajstić information content (AvgIpc) is 1.61. The van der Waals surface area contributed by atoms with Crippen LogP contribution in [0.15, 0.2) is 12.2 Å². The molecule has 0 rings (SSSR count). The van der Waals surface area contributed by atoms with Gasteiger partial charge in [-0.25, -0.2) is 0 Å². The summed E-state index contributed by atoms with van der Waals surface area (Å²) in [5.41, 5.74) is 5.16. The predicted molar refractivity (Wildman–Crippen MR) is 35.7 cm³/mol. The number of hydrogen-bond acceptors (Lipinski definition) is 1. The Hall–Kier alpha value is -0.0100. The van der Waals surface area contributed by atoms with E-state index in [9.17, 15) is 0 Å². The average molecular weight is 122 g/mol. The van der Waals surface area contributed by atoms with Crippen LogP contribution in [0.25, 0.3) is 0 Å². The van der Waals surface area contributed by atoms with Crippen LogP contribution < -0.4 is 5.73 Å². The molecular formula is C5H12ClN. The van der Waals surface area contributed by atoms with Gasteiger partial charge in [-0.2, -0.15) is 0 Å². The molecule has 0 fully saturated rings. The van der Waals surface area contributed by atoms with E-state index in [1.54, 1.807) is 0 Å². The number of halogens is 1. The molecule has 0 aliphatic carbocycles. The van der Waals surface area contributed by atoms with Crippen LogP contribution in [-0.2, 0) is 0 Å². The van der Waals surface area contributed by atoms with Crippen molar-refractivity contribution in [3.63, 3.8) is 0 Å². The molecule has 1 nitrogen and oxygen atoms in total. The van der Waals surface area contributed by atoms with Crippen LogP contribution in [0.5, 0.6) is 0 Å². The quantitative estimate of drug-likeness (QED) is 0.549. The lowest BCUT2D eigenvalue weighted by Gasteiger charge is -1.77. The molecule has 2 N–H and O–H groups in total. The molecule has 0 heterocycles. The van der Waals surface area contributed by atoms with Gasteiger partial charge in [-0.05, 0) is 19.9 Å². The van der Waals surface area contributed by atoms with E-state index in [-0.39, 0.29) is 12.4 Å². The van der Waals surface area contributed by atoms with Gasteiger partial charge in [-0.1, -0.05) is 12.2 Å². The van der Waals surface area contributed by atoms with Gasteiger partial charge in [0.05, 0.1) is 0 Å². The van der Waals surface area contributed by atoms with Gasteiger partial charge in [-0.15, -0.1) is 12.4 Å². The van der Waals surface area contributed by atoms with Gasteiger partial charge in [0, 0.05) is 0 Å². The van der Waals surface area contributed by atoms with Gasteiger partial charge in [0.15, 0.2) is 0 Å². The summed E-state index contributed by atoms with van der Waals surface area (Å²) in [5.74, 6) is 0. The molecule has 0 unspecified atom stereocenters. The summed E-state index contributed by atoms with van der Waals surface area (Å²) in [6.07, 6.45) is 5.07. The molecule has 7 heavy (non-hydrogen) atoms. The van der Waals surface area contributed by atoms with Gasteiger partial charge in [0.25, 0.3) is 0 Å². The largest absolute Gasteiger partial charge is 0.330 e. The van der Waals surface area contributed by atoms with Crippen molar-refractivity contribution in [2.24, 2.45) is 5.73 Å². The molecule has 0 spiro atoms. The first kappa shape index (κ1) is 10.1. The Bertz CT molecular complexity index is 43.3. The molecule has 0 aliphatic heterocycles. The Morgan fingerprint density at radius 3 is 2.29 bits per heavy atom. The number of nitrogens with two attached hydrogens (primary N) is 1. The molecule has 0 radical (unpaired) electrons. The van der Waals surface area contributed by atoms with Crippen molar-refractivity contribution in [3.8, 4) is 0 Å². The second kappa shape index (κ2) is 9.37. The van der Waals surface area contributed by atoms with Crippen molar-refractivity contribution in [2.45, 2.75) is 13.3 Å². The molecule has 0 saturated heterocycles. The molecule has 0 aromatic rings. The second-order valence-electron chi connectivity index (χ2n) is 1.15. The van der Waals surface area contributed by atoms with E-state index in [1.165, 1.54) is 0 Å². The van der Waals surface area contributed by atoms with E-state index in [2.05, 4.69) is 6.08 Å². The standard InChI is InChI=1S/C5H11N.ClH/c1-2-3-4-5-6;/h2-3H,4-6H2,1H3;1H/b3-2+;. The number of rotatable bonds is 2. The van der Waals surface area contributed by atoms with Gasteiger partial charge in [0.2, 0.25) is 0 Å². The molecule has 0 amide bonds. The predicted octanol–water partition coefficient (Wildman–Crippen LogP) is 1.33. The topological polar surface area (TPSA) is 26.0 Å². The molecule has 0 bridgehead atoms. The number of hydrogen-bond donors (Lipinski definition) is 1. The van der Waals surface area contributed by atoms with Crippen molar-refractivity contribution in [1.29, 1.82) is 0 Å². The first-order chi connectivity index (χ1) is 2.91. The zero-order valence-corrected chi connectivity index (χ0v) is 5.37. The minimum Gasteiger partial charge on any atom is -0.330 e. The molecule has 0 aromatic heterocycles. The molecule has 44 valence electrons. The maximum Gasteiger partial charge on any atom is -0.00426 e. The summed E-state index contributed by atoms with van der Waals surface area (Å²) in [7, 11) is 0. The Kier molecular flexibility index (Phi) is 13.5. The summed E-state index contributed by atoms with van der Waals surface area (Å²) in [6.45, 7) is 2.76. The fourth-order valence-electron chi connectivity index (χ4n) is 0.263. The highest BCUT2D eigenvalue weighted by Crippen LogP contribution is 1.73. The minimum absolute atomic E-state index is 0. The van der Waals surface area contributed by atoms with Gasteiger partial charge in [0.1, 0.15) is 0 Å². The van der Waals surface area contributed by atoms with E-state index in [0.29, 0.717) is 0 Å². The monoisotopic (exact) mass is 121 g/mol. The summed E-state index contributed by atoms with van der Waals surface area (Å²) in [6, 6.07) is 0. The van der Waals surface area contributed by atoms with Crippen LogP contribution in [0.1, 0.15) is 13.3 Å². The van der Waals surface area contributed by atoms with E-state index in [0.717, 1.165) is 13.0 Å². The SMILES string of the molecule is C/C=C/CCN.Cl. The fraction of sp³-hybridized carbons (Fsp3) is 0.600. The molecule has 2 heteroatoms. The summed E-state index contributed by atoms with van der Waals surface area (Å²) < 4.78 is 0. The van der Waals surface area contributed by atoms with Crippen molar-refractivity contribution in [2.75, 3.05) is 6.54 Å². The molecule has 0 aliphatic rings. The Morgan fingerprint density at radius 2 is 2.14 bits per heavy atom. The Balaban J connectivity index is 0. The van der Waals surface area contributed by atoms with Gasteiger partial charge < -0.3 is 5.73 Å². The van der Waals surface area contributed by atoms with Crippen LogP contribution >= 0.6 is 12.4 Å². The summed E-state index contributed by atoms with van der Waals surface area (Å²) in [4.78, 5) is 0. The normalized spacial score (nSPS) is 8.86. The fourth-order valence-corrected chi connectivity index (χ4v) is 0.263. The third-order valence-electron chi connectivity index (χ3n) is 0.569. The summed E-state index contributed by atoms with van der Waals surface area (Å²) >= 11 is 0. The van der Waals surface area contributed by atoms with Crippen LogP contribution in [-0.4, -0.2) is 6.54 Å². The lowest BCUT2D eigenvalue weighted by Crippen LogP contribution is -1.94. The first-order valence-corrected chi connectivity index (χ1v) is 2.23. The zero-order valence-electron chi connectivity index (χ0n) is 4.55. The third kappa shape index (κ3) is 10.7.